The Bertz CT molecular complexity index is 1110. The van der Waals surface area contributed by atoms with E-state index in [9.17, 15) is 0 Å². The maximum Gasteiger partial charge on any atom is 0.134 e. The lowest BCUT2D eigenvalue weighted by Gasteiger charge is -1.98. The number of fused-ring (bicyclic) bond motifs is 2. The quantitative estimate of drug-likeness (QED) is 0.198. The van der Waals surface area contributed by atoms with Gasteiger partial charge in [-0.1, -0.05) is 6.42 Å². The third kappa shape index (κ3) is 4.16. The highest BCUT2D eigenvalue weighted by Crippen LogP contribution is 2.24. The second-order valence-electron chi connectivity index (χ2n) is 7.32. The van der Waals surface area contributed by atoms with Crippen LogP contribution in [-0.4, -0.2) is 11.7 Å². The summed E-state index contributed by atoms with van der Waals surface area (Å²) in [6, 6.07) is 15.2. The van der Waals surface area contributed by atoms with Crippen LogP contribution in [0.1, 0.15) is 41.9 Å². The predicted octanol–water partition coefficient (Wildman–Crippen LogP) is 4.70. The number of hydrogen-bond acceptors (Lipinski definition) is 4. The molecule has 0 amide bonds. The van der Waals surface area contributed by atoms with E-state index in [2.05, 4.69) is 0 Å². The molecule has 0 saturated heterocycles. The van der Waals surface area contributed by atoms with Crippen molar-refractivity contribution in [1.82, 2.24) is 0 Å². The Morgan fingerprint density at radius 1 is 0.655 bits per heavy atom. The summed E-state index contributed by atoms with van der Waals surface area (Å²) in [7, 11) is 0. The van der Waals surface area contributed by atoms with Gasteiger partial charge in [0.25, 0.3) is 0 Å². The van der Waals surface area contributed by atoms with Gasteiger partial charge in [-0.2, -0.15) is 0 Å². The summed E-state index contributed by atoms with van der Waals surface area (Å²) < 4.78 is 11.8. The van der Waals surface area contributed by atoms with Crippen LogP contribution in [0, 0.1) is 10.8 Å². The summed E-state index contributed by atoms with van der Waals surface area (Å²) in [6.45, 7) is 0. The molecule has 4 rings (SSSR count). The molecule has 0 bridgehead atoms. The largest absolute Gasteiger partial charge is 0.461 e. The lowest BCUT2D eigenvalue weighted by atomic mass is 10.1. The van der Waals surface area contributed by atoms with Gasteiger partial charge in [0.1, 0.15) is 34.4 Å². The molecule has 0 saturated carbocycles. The SMILES string of the molecule is N=C(N)c1ccc2oc(CCCCCc3cc4cc(C(=N)N)ccc4o3)cc2c1. The third-order valence-electron chi connectivity index (χ3n) is 5.10. The van der Waals surface area contributed by atoms with Gasteiger partial charge in [-0.15, -0.1) is 0 Å². The zero-order valence-corrected chi connectivity index (χ0v) is 16.1. The molecule has 0 aliphatic heterocycles. The molecule has 0 spiro atoms. The van der Waals surface area contributed by atoms with Crippen molar-refractivity contribution in [2.45, 2.75) is 32.1 Å². The summed E-state index contributed by atoms with van der Waals surface area (Å²) in [6.07, 6.45) is 4.91. The topological polar surface area (TPSA) is 126 Å². The molecule has 6 nitrogen and oxygen atoms in total. The van der Waals surface area contributed by atoms with Crippen molar-refractivity contribution in [3.63, 3.8) is 0 Å². The Morgan fingerprint density at radius 2 is 1.10 bits per heavy atom. The van der Waals surface area contributed by atoms with Crippen LogP contribution in [0.3, 0.4) is 0 Å². The molecule has 0 aliphatic carbocycles. The van der Waals surface area contributed by atoms with Crippen LogP contribution in [0.4, 0.5) is 0 Å². The highest BCUT2D eigenvalue weighted by molar-refractivity contribution is 5.99. The molecule has 2 aromatic heterocycles. The molecule has 2 aromatic carbocycles. The van der Waals surface area contributed by atoms with Gasteiger partial charge in [0, 0.05) is 34.7 Å². The van der Waals surface area contributed by atoms with E-state index >= 15 is 0 Å². The number of nitrogens with two attached hydrogens (primary N) is 2. The minimum Gasteiger partial charge on any atom is -0.461 e. The van der Waals surface area contributed by atoms with Crippen molar-refractivity contribution < 1.29 is 8.83 Å². The molecule has 4 aromatic rings. The van der Waals surface area contributed by atoms with Crippen molar-refractivity contribution >= 4 is 33.6 Å². The molecule has 148 valence electrons. The van der Waals surface area contributed by atoms with Gasteiger partial charge < -0.3 is 20.3 Å². The summed E-state index contributed by atoms with van der Waals surface area (Å²) in [5.41, 5.74) is 14.2. The summed E-state index contributed by atoms with van der Waals surface area (Å²) in [5, 5.41) is 17.0. The highest BCUT2D eigenvalue weighted by atomic mass is 16.3. The van der Waals surface area contributed by atoms with Crippen molar-refractivity contribution in [2.24, 2.45) is 11.5 Å². The first kappa shape index (κ1) is 18.8. The standard InChI is InChI=1S/C23H24N4O2/c24-22(25)14-6-8-20-16(10-14)12-18(28-20)4-2-1-3-5-19-13-17-11-15(23(26)27)7-9-21(17)29-19/h6-13H,1-5H2,(H3,24,25)(H3,26,27). The average Bonchev–Trinajstić information content (AvgIpc) is 3.29. The normalized spacial score (nSPS) is 11.3. The lowest BCUT2D eigenvalue weighted by molar-refractivity contribution is 0.509. The molecule has 0 atom stereocenters. The first-order chi connectivity index (χ1) is 14.0. The van der Waals surface area contributed by atoms with Crippen LogP contribution in [0.5, 0.6) is 0 Å². The van der Waals surface area contributed by atoms with Gasteiger partial charge in [-0.3, -0.25) is 10.8 Å². The van der Waals surface area contributed by atoms with Gasteiger partial charge in [-0.05, 0) is 61.4 Å². The Kier molecular flexibility index (Phi) is 5.08. The van der Waals surface area contributed by atoms with Crippen LogP contribution in [0.25, 0.3) is 21.9 Å². The first-order valence-corrected chi connectivity index (χ1v) is 9.73. The molecule has 0 unspecified atom stereocenters. The fourth-order valence-electron chi connectivity index (χ4n) is 3.55. The van der Waals surface area contributed by atoms with Gasteiger partial charge in [0.2, 0.25) is 0 Å². The molecular weight excluding hydrogens is 364 g/mol. The summed E-state index contributed by atoms with van der Waals surface area (Å²) in [4.78, 5) is 0. The van der Waals surface area contributed by atoms with Crippen LogP contribution in [-0.2, 0) is 12.8 Å². The van der Waals surface area contributed by atoms with Crippen molar-refractivity contribution in [3.8, 4) is 0 Å². The van der Waals surface area contributed by atoms with E-state index in [-0.39, 0.29) is 11.7 Å². The van der Waals surface area contributed by atoms with E-state index < -0.39 is 0 Å². The zero-order chi connectivity index (χ0) is 20.4. The highest BCUT2D eigenvalue weighted by Gasteiger charge is 2.08. The number of hydrogen-bond donors (Lipinski definition) is 4. The van der Waals surface area contributed by atoms with Gasteiger partial charge in [-0.25, -0.2) is 0 Å². The summed E-state index contributed by atoms with van der Waals surface area (Å²) in [5.74, 6) is 2.05. The average molecular weight is 388 g/mol. The molecule has 0 radical (unpaired) electrons. The fourth-order valence-corrected chi connectivity index (χ4v) is 3.55. The number of amidine groups is 2. The monoisotopic (exact) mass is 388 g/mol. The van der Waals surface area contributed by atoms with E-state index in [4.69, 9.17) is 31.1 Å². The van der Waals surface area contributed by atoms with Crippen LogP contribution < -0.4 is 11.5 Å². The Morgan fingerprint density at radius 3 is 1.52 bits per heavy atom. The van der Waals surface area contributed by atoms with E-state index in [1.165, 1.54) is 0 Å². The fraction of sp³-hybridized carbons (Fsp3) is 0.217. The van der Waals surface area contributed by atoms with Crippen LogP contribution >= 0.6 is 0 Å². The third-order valence-corrected chi connectivity index (χ3v) is 5.10. The van der Waals surface area contributed by atoms with E-state index in [0.29, 0.717) is 11.1 Å². The summed E-state index contributed by atoms with van der Waals surface area (Å²) >= 11 is 0. The number of nitrogen functional groups attached to an aromatic ring is 2. The van der Waals surface area contributed by atoms with Gasteiger partial charge in [0.05, 0.1) is 0 Å². The number of unbranched alkanes of at least 4 members (excludes halogenated alkanes) is 2. The van der Waals surface area contributed by atoms with Crippen LogP contribution in [0.15, 0.2) is 57.4 Å². The van der Waals surface area contributed by atoms with Crippen molar-refractivity contribution in [2.75, 3.05) is 0 Å². The maximum absolute atomic E-state index is 7.53. The Hall–Kier alpha value is -3.54. The molecule has 0 aliphatic rings. The van der Waals surface area contributed by atoms with Gasteiger partial charge >= 0.3 is 0 Å². The minimum atomic E-state index is 0.0674. The maximum atomic E-state index is 7.53. The molecular formula is C23H24N4O2. The van der Waals surface area contributed by atoms with Crippen molar-refractivity contribution in [3.05, 3.63) is 71.2 Å². The molecule has 0 fully saturated rings. The second kappa shape index (κ2) is 7.83. The van der Waals surface area contributed by atoms with E-state index in [1.807, 2.05) is 48.5 Å². The number of aryl methyl sites for hydroxylation is 2. The van der Waals surface area contributed by atoms with E-state index in [0.717, 1.165) is 65.6 Å². The first-order valence-electron chi connectivity index (χ1n) is 9.73. The van der Waals surface area contributed by atoms with E-state index in [1.54, 1.807) is 0 Å². The zero-order valence-electron chi connectivity index (χ0n) is 16.1. The van der Waals surface area contributed by atoms with Crippen LogP contribution in [0.2, 0.25) is 0 Å². The molecule has 6 heteroatoms. The second-order valence-corrected chi connectivity index (χ2v) is 7.32. The van der Waals surface area contributed by atoms with Gasteiger partial charge in [0.15, 0.2) is 0 Å². The number of benzene rings is 2. The molecule has 2 heterocycles. The predicted molar refractivity (Wildman–Crippen MR) is 116 cm³/mol. The molecule has 29 heavy (non-hydrogen) atoms. The number of nitrogens with one attached hydrogen (secondary N) is 2. The smallest absolute Gasteiger partial charge is 0.134 e. The van der Waals surface area contributed by atoms with Crippen molar-refractivity contribution in [1.29, 1.82) is 10.8 Å². The number of furan rings is 2. The number of rotatable bonds is 8. The molecule has 6 N–H and O–H groups in total. The lowest BCUT2D eigenvalue weighted by Crippen LogP contribution is -2.10. The minimum absolute atomic E-state index is 0.0674. The Labute approximate surface area is 168 Å². The Balaban J connectivity index is 1.29.